The molecule has 1 unspecified atom stereocenters. The molecule has 0 aliphatic heterocycles. The number of hydrogen-bond acceptors (Lipinski definition) is 2. The maximum Gasteiger partial charge on any atom is 1.00 e. The average molecular weight is 331 g/mol. The molecule has 1 aromatic carbocycles. The van der Waals surface area contributed by atoms with Crippen molar-refractivity contribution in [3.63, 3.8) is 0 Å². The summed E-state index contributed by atoms with van der Waals surface area (Å²) in [6, 6.07) is 8.44. The summed E-state index contributed by atoms with van der Waals surface area (Å²) in [5.74, 6) is 0. The first kappa shape index (κ1) is 15.4. The van der Waals surface area contributed by atoms with Crippen molar-refractivity contribution in [1.29, 1.82) is 0 Å². The summed E-state index contributed by atoms with van der Waals surface area (Å²) >= 11 is 0. The molecule has 0 aliphatic rings. The fraction of sp³-hybridized carbons (Fsp3) is 0.400. The Morgan fingerprint density at radius 2 is 2.06 bits per heavy atom. The molecule has 2 aromatic rings. The molecule has 0 spiro atoms. The predicted octanol–water partition coefficient (Wildman–Crippen LogP) is 3.87. The first-order valence-electron chi connectivity index (χ1n) is 6.25. The molecule has 0 aliphatic carbocycles. The number of fused-ring (bicyclic) bond motifs is 1. The van der Waals surface area contributed by atoms with E-state index in [2.05, 4.69) is 50.8 Å². The van der Waals surface area contributed by atoms with Gasteiger partial charge in [-0.1, -0.05) is 38.8 Å². The van der Waals surface area contributed by atoms with Gasteiger partial charge >= 0.3 is 19.5 Å². The standard InChI is InChI=1S/C15H20NO.Ru/c1-4-15(3,11-16-5-2)13-6-7-14-12(10-13)8-9-17-14;/h6-11,16H,4-5H2,1-3H3;/q-1;+1. The second-order valence-electron chi connectivity index (χ2n) is 4.65. The molecule has 0 saturated heterocycles. The Labute approximate surface area is 122 Å². The van der Waals surface area contributed by atoms with E-state index in [4.69, 9.17) is 4.42 Å². The van der Waals surface area contributed by atoms with Crippen LogP contribution in [-0.4, -0.2) is 6.54 Å². The fourth-order valence-corrected chi connectivity index (χ4v) is 2.04. The van der Waals surface area contributed by atoms with Gasteiger partial charge in [0.05, 0.1) is 6.26 Å². The van der Waals surface area contributed by atoms with Gasteiger partial charge in [-0.2, -0.15) is 0 Å². The van der Waals surface area contributed by atoms with Crippen LogP contribution in [0.15, 0.2) is 34.9 Å². The van der Waals surface area contributed by atoms with E-state index in [9.17, 15) is 0 Å². The molecule has 0 saturated carbocycles. The minimum Gasteiger partial charge on any atom is -0.469 e. The van der Waals surface area contributed by atoms with E-state index in [1.165, 1.54) is 10.9 Å². The molecule has 0 bridgehead atoms. The van der Waals surface area contributed by atoms with Crippen molar-refractivity contribution in [3.8, 4) is 0 Å². The normalized spacial score (nSPS) is 14.2. The van der Waals surface area contributed by atoms with E-state index in [0.717, 1.165) is 18.5 Å². The number of rotatable bonds is 5. The summed E-state index contributed by atoms with van der Waals surface area (Å²) in [5, 5.41) is 4.50. The molecule has 99 valence electrons. The number of benzene rings is 1. The van der Waals surface area contributed by atoms with Gasteiger partial charge in [-0.25, -0.2) is 0 Å². The Morgan fingerprint density at radius 3 is 2.72 bits per heavy atom. The van der Waals surface area contributed by atoms with Gasteiger partial charge in [0.1, 0.15) is 5.58 Å². The molecule has 1 N–H and O–H groups in total. The molecule has 3 heteroatoms. The molecule has 1 radical (unpaired) electrons. The smallest absolute Gasteiger partial charge is 0.469 e. The molecule has 1 atom stereocenters. The second-order valence-corrected chi connectivity index (χ2v) is 4.65. The third-order valence-corrected chi connectivity index (χ3v) is 3.47. The maximum atomic E-state index is 5.37. The van der Waals surface area contributed by atoms with Crippen molar-refractivity contribution in [2.45, 2.75) is 32.6 Å². The van der Waals surface area contributed by atoms with Crippen molar-refractivity contribution >= 4 is 11.0 Å². The van der Waals surface area contributed by atoms with E-state index in [0.29, 0.717) is 0 Å². The van der Waals surface area contributed by atoms with Crippen LogP contribution in [0.3, 0.4) is 0 Å². The summed E-state index contributed by atoms with van der Waals surface area (Å²) in [6.07, 6.45) is 2.81. The van der Waals surface area contributed by atoms with Gasteiger partial charge in [-0.15, -0.1) is 5.41 Å². The van der Waals surface area contributed by atoms with Gasteiger partial charge < -0.3 is 9.73 Å². The van der Waals surface area contributed by atoms with Gasteiger partial charge in [-0.05, 0) is 24.7 Å². The third-order valence-electron chi connectivity index (χ3n) is 3.47. The zero-order chi connectivity index (χ0) is 12.3. The van der Waals surface area contributed by atoms with Crippen LogP contribution in [0, 0.1) is 6.54 Å². The minimum absolute atomic E-state index is 0. The Hall–Kier alpha value is -0.657. The summed E-state index contributed by atoms with van der Waals surface area (Å²) < 4.78 is 5.37. The Kier molecular flexibility index (Phi) is 5.56. The molecule has 1 aromatic heterocycles. The Morgan fingerprint density at radius 1 is 1.28 bits per heavy atom. The molecule has 2 rings (SSSR count). The van der Waals surface area contributed by atoms with Gasteiger partial charge in [0.15, 0.2) is 0 Å². The molecular formula is C15H20NORu. The Balaban J connectivity index is 0.00000162. The fourth-order valence-electron chi connectivity index (χ4n) is 2.04. The second kappa shape index (κ2) is 6.49. The summed E-state index contributed by atoms with van der Waals surface area (Å²) in [7, 11) is 0. The zero-order valence-corrected chi connectivity index (χ0v) is 12.9. The van der Waals surface area contributed by atoms with E-state index in [1.807, 2.05) is 6.07 Å². The topological polar surface area (TPSA) is 25.2 Å². The first-order valence-corrected chi connectivity index (χ1v) is 6.25. The van der Waals surface area contributed by atoms with Crippen LogP contribution in [0.5, 0.6) is 0 Å². The minimum atomic E-state index is 0. The number of furan rings is 1. The molecule has 18 heavy (non-hydrogen) atoms. The number of nitrogens with one attached hydrogen (secondary N) is 1. The van der Waals surface area contributed by atoms with Crippen molar-refractivity contribution in [3.05, 3.63) is 42.6 Å². The van der Waals surface area contributed by atoms with E-state index >= 15 is 0 Å². The monoisotopic (exact) mass is 332 g/mol. The Bertz CT molecular complexity index is 494. The van der Waals surface area contributed by atoms with Crippen LogP contribution in [0.4, 0.5) is 0 Å². The summed E-state index contributed by atoms with van der Waals surface area (Å²) in [6.45, 7) is 9.76. The van der Waals surface area contributed by atoms with Gasteiger partial charge in [0.2, 0.25) is 0 Å². The van der Waals surface area contributed by atoms with Gasteiger partial charge in [0.25, 0.3) is 0 Å². The van der Waals surface area contributed by atoms with Crippen LogP contribution < -0.4 is 5.32 Å². The van der Waals surface area contributed by atoms with E-state index < -0.39 is 0 Å². The quantitative estimate of drug-likeness (QED) is 0.665. The number of likely N-dealkylation sites (N-methyl/N-ethyl adjacent to an activating group) is 1. The van der Waals surface area contributed by atoms with Crippen LogP contribution in [-0.2, 0) is 24.9 Å². The maximum absolute atomic E-state index is 5.37. The third kappa shape index (κ3) is 3.02. The predicted molar refractivity (Wildman–Crippen MR) is 71.8 cm³/mol. The summed E-state index contributed by atoms with van der Waals surface area (Å²) in [4.78, 5) is 0. The van der Waals surface area contributed by atoms with Crippen LogP contribution >= 0.6 is 0 Å². The SMILES string of the molecule is CCN[CH-]C(C)(CC)c1ccc2occc2c1.[Ru+]. The van der Waals surface area contributed by atoms with Crippen LogP contribution in [0.2, 0.25) is 0 Å². The largest absolute Gasteiger partial charge is 1.00 e. The first-order chi connectivity index (χ1) is 8.19. The van der Waals surface area contributed by atoms with Crippen molar-refractivity contribution in [1.82, 2.24) is 5.32 Å². The van der Waals surface area contributed by atoms with Gasteiger partial charge in [-0.3, -0.25) is 6.54 Å². The van der Waals surface area contributed by atoms with E-state index in [1.54, 1.807) is 6.26 Å². The molecule has 0 fully saturated rings. The van der Waals surface area contributed by atoms with Crippen LogP contribution in [0.1, 0.15) is 32.8 Å². The zero-order valence-electron chi connectivity index (χ0n) is 11.1. The molecular weight excluding hydrogens is 311 g/mol. The van der Waals surface area contributed by atoms with Crippen molar-refractivity contribution in [2.75, 3.05) is 6.54 Å². The molecule has 1 heterocycles. The van der Waals surface area contributed by atoms with Crippen LogP contribution in [0.25, 0.3) is 11.0 Å². The van der Waals surface area contributed by atoms with Gasteiger partial charge in [0, 0.05) is 5.39 Å². The van der Waals surface area contributed by atoms with Crippen molar-refractivity contribution in [2.24, 2.45) is 0 Å². The van der Waals surface area contributed by atoms with Crippen molar-refractivity contribution < 1.29 is 23.9 Å². The molecule has 0 amide bonds. The molecule has 2 nitrogen and oxygen atoms in total. The summed E-state index contributed by atoms with van der Waals surface area (Å²) in [5.41, 5.74) is 2.35. The number of hydrogen-bond donors (Lipinski definition) is 1. The van der Waals surface area contributed by atoms with E-state index in [-0.39, 0.29) is 24.9 Å². The average Bonchev–Trinajstić information content (AvgIpc) is 2.83.